The Morgan fingerprint density at radius 2 is 2.00 bits per heavy atom. The molecule has 0 radical (unpaired) electrons. The molecule has 24 heavy (non-hydrogen) atoms. The molecule has 1 fully saturated rings. The van der Waals surface area contributed by atoms with Gasteiger partial charge < -0.3 is 14.6 Å². The Balaban J connectivity index is 1.70. The molecule has 2 aromatic heterocycles. The number of rotatable bonds is 1. The third-order valence-electron chi connectivity index (χ3n) is 4.14. The average molecular weight is 333 g/mol. The normalized spacial score (nSPS) is 16.6. The molecule has 8 heteroatoms. The van der Waals surface area contributed by atoms with Crippen molar-refractivity contribution in [3.63, 3.8) is 0 Å². The second-order valence-electron chi connectivity index (χ2n) is 7.20. The summed E-state index contributed by atoms with van der Waals surface area (Å²) in [6.07, 6.45) is 2.91. The topological polar surface area (TPSA) is 93.1 Å². The van der Waals surface area contributed by atoms with Crippen molar-refractivity contribution in [2.75, 3.05) is 13.1 Å². The number of nitrogens with zero attached hydrogens (tertiary/aromatic N) is 4. The van der Waals surface area contributed by atoms with E-state index in [-0.39, 0.29) is 17.6 Å². The number of carbonyl (C=O) groups is 1. The SMILES string of the molecule is Cn1ncc2[nH]c(C3CCN(C(=O)OC(C)(C)C)CC3)nc2c1=O. The first kappa shape index (κ1) is 16.5. The van der Waals surface area contributed by atoms with E-state index in [0.717, 1.165) is 18.7 Å². The lowest BCUT2D eigenvalue weighted by Crippen LogP contribution is -2.41. The quantitative estimate of drug-likeness (QED) is 0.858. The number of likely N-dealkylation sites (tertiary alicyclic amines) is 1. The number of nitrogens with one attached hydrogen (secondary N) is 1. The van der Waals surface area contributed by atoms with E-state index in [1.54, 1.807) is 18.1 Å². The zero-order chi connectivity index (χ0) is 17.5. The standard InChI is InChI=1S/C16H23N5O3/c1-16(2,3)24-15(23)21-7-5-10(6-8-21)13-18-11-9-17-20(4)14(22)12(11)19-13/h9-10H,5-8H2,1-4H3,(H,18,19). The molecule has 0 atom stereocenters. The van der Waals surface area contributed by atoms with E-state index in [1.807, 2.05) is 20.8 Å². The maximum atomic E-state index is 12.1. The first-order valence-electron chi connectivity index (χ1n) is 8.14. The minimum absolute atomic E-state index is 0.195. The van der Waals surface area contributed by atoms with Gasteiger partial charge in [-0.2, -0.15) is 5.10 Å². The highest BCUT2D eigenvalue weighted by molar-refractivity contribution is 5.72. The number of imidazole rings is 1. The molecule has 0 saturated carbocycles. The highest BCUT2D eigenvalue weighted by atomic mass is 16.6. The largest absolute Gasteiger partial charge is 0.444 e. The van der Waals surface area contributed by atoms with Gasteiger partial charge in [0, 0.05) is 26.1 Å². The maximum absolute atomic E-state index is 12.1. The van der Waals surface area contributed by atoms with Crippen molar-refractivity contribution in [2.45, 2.75) is 45.1 Å². The monoisotopic (exact) mass is 333 g/mol. The summed E-state index contributed by atoms with van der Waals surface area (Å²) in [4.78, 5) is 33.5. The van der Waals surface area contributed by atoms with Crippen LogP contribution in [0.5, 0.6) is 0 Å². The van der Waals surface area contributed by atoms with Crippen LogP contribution in [0, 0.1) is 0 Å². The van der Waals surface area contributed by atoms with Crippen molar-refractivity contribution in [2.24, 2.45) is 7.05 Å². The number of H-pyrrole nitrogens is 1. The average Bonchev–Trinajstić information content (AvgIpc) is 2.94. The fraction of sp³-hybridized carbons (Fsp3) is 0.625. The summed E-state index contributed by atoms with van der Waals surface area (Å²) in [6.45, 7) is 6.82. The lowest BCUT2D eigenvalue weighted by Gasteiger charge is -2.32. The second-order valence-corrected chi connectivity index (χ2v) is 7.20. The van der Waals surface area contributed by atoms with Crippen molar-refractivity contribution in [3.8, 4) is 0 Å². The number of aromatic nitrogens is 4. The van der Waals surface area contributed by atoms with Crippen LogP contribution in [0.4, 0.5) is 4.79 Å². The molecule has 1 saturated heterocycles. The number of aryl methyl sites for hydroxylation is 1. The van der Waals surface area contributed by atoms with Crippen LogP contribution in [0.3, 0.4) is 0 Å². The van der Waals surface area contributed by atoms with Crippen molar-refractivity contribution in [3.05, 3.63) is 22.4 Å². The van der Waals surface area contributed by atoms with Gasteiger partial charge in [0.05, 0.1) is 11.7 Å². The summed E-state index contributed by atoms with van der Waals surface area (Å²) < 4.78 is 6.68. The molecule has 0 unspecified atom stereocenters. The highest BCUT2D eigenvalue weighted by Crippen LogP contribution is 2.27. The van der Waals surface area contributed by atoms with Gasteiger partial charge in [0.2, 0.25) is 0 Å². The Bertz CT molecular complexity index is 809. The van der Waals surface area contributed by atoms with Gasteiger partial charge in [-0.3, -0.25) is 4.79 Å². The first-order valence-corrected chi connectivity index (χ1v) is 8.14. The van der Waals surface area contributed by atoms with Gasteiger partial charge >= 0.3 is 6.09 Å². The summed E-state index contributed by atoms with van der Waals surface area (Å²) in [5.41, 5.74) is 0.376. The fourth-order valence-electron chi connectivity index (χ4n) is 2.87. The molecule has 0 aliphatic carbocycles. The van der Waals surface area contributed by atoms with Crippen LogP contribution >= 0.6 is 0 Å². The van der Waals surface area contributed by atoms with Gasteiger partial charge in [0.1, 0.15) is 11.4 Å². The minimum atomic E-state index is -0.486. The highest BCUT2D eigenvalue weighted by Gasteiger charge is 2.29. The number of ether oxygens (including phenoxy) is 1. The van der Waals surface area contributed by atoms with Crippen LogP contribution in [0.1, 0.15) is 45.4 Å². The Hall–Kier alpha value is -2.38. The first-order chi connectivity index (χ1) is 11.2. The summed E-state index contributed by atoms with van der Waals surface area (Å²) >= 11 is 0. The molecule has 2 aromatic rings. The molecule has 1 amide bonds. The molecule has 0 bridgehead atoms. The Morgan fingerprint density at radius 3 is 2.62 bits per heavy atom. The van der Waals surface area contributed by atoms with E-state index in [1.165, 1.54) is 4.68 Å². The van der Waals surface area contributed by atoms with E-state index in [4.69, 9.17) is 4.74 Å². The molecular formula is C16H23N5O3. The number of carbonyl (C=O) groups excluding carboxylic acids is 1. The van der Waals surface area contributed by atoms with Gasteiger partial charge in [-0.05, 0) is 33.6 Å². The van der Waals surface area contributed by atoms with Gasteiger partial charge in [-0.25, -0.2) is 14.5 Å². The number of hydrogen-bond donors (Lipinski definition) is 1. The molecule has 1 aliphatic rings. The van der Waals surface area contributed by atoms with Crippen LogP contribution in [0.25, 0.3) is 11.0 Å². The molecule has 0 aromatic carbocycles. The lowest BCUT2D eigenvalue weighted by molar-refractivity contribution is 0.0203. The lowest BCUT2D eigenvalue weighted by atomic mass is 9.96. The summed E-state index contributed by atoms with van der Waals surface area (Å²) in [7, 11) is 1.61. The molecule has 8 nitrogen and oxygen atoms in total. The molecular weight excluding hydrogens is 310 g/mol. The van der Waals surface area contributed by atoms with Gasteiger partial charge in [-0.15, -0.1) is 0 Å². The predicted molar refractivity (Wildman–Crippen MR) is 88.9 cm³/mol. The van der Waals surface area contributed by atoms with E-state index < -0.39 is 5.60 Å². The van der Waals surface area contributed by atoms with Crippen LogP contribution in [0.15, 0.2) is 11.0 Å². The van der Waals surface area contributed by atoms with Crippen molar-refractivity contribution < 1.29 is 9.53 Å². The summed E-state index contributed by atoms with van der Waals surface area (Å²) in [6, 6.07) is 0. The zero-order valence-corrected chi connectivity index (χ0v) is 14.5. The smallest absolute Gasteiger partial charge is 0.410 e. The molecule has 3 rings (SSSR count). The van der Waals surface area contributed by atoms with E-state index >= 15 is 0 Å². The summed E-state index contributed by atoms with van der Waals surface area (Å²) in [5.74, 6) is 0.986. The van der Waals surface area contributed by atoms with Crippen molar-refractivity contribution in [1.29, 1.82) is 0 Å². The number of fused-ring (bicyclic) bond motifs is 1. The van der Waals surface area contributed by atoms with Crippen LogP contribution in [-0.2, 0) is 11.8 Å². The third kappa shape index (κ3) is 3.27. The van der Waals surface area contributed by atoms with E-state index in [0.29, 0.717) is 24.1 Å². The number of amides is 1. The number of piperidine rings is 1. The zero-order valence-electron chi connectivity index (χ0n) is 14.5. The third-order valence-corrected chi connectivity index (χ3v) is 4.14. The van der Waals surface area contributed by atoms with E-state index in [9.17, 15) is 9.59 Å². The number of hydrogen-bond acceptors (Lipinski definition) is 5. The summed E-state index contributed by atoms with van der Waals surface area (Å²) in [5, 5.41) is 4.00. The Kier molecular flexibility index (Phi) is 4.06. The van der Waals surface area contributed by atoms with E-state index in [2.05, 4.69) is 15.1 Å². The van der Waals surface area contributed by atoms with Gasteiger partial charge in [0.25, 0.3) is 5.56 Å². The molecule has 1 N–H and O–H groups in total. The van der Waals surface area contributed by atoms with Crippen molar-refractivity contribution >= 4 is 17.1 Å². The van der Waals surface area contributed by atoms with Crippen LogP contribution in [-0.4, -0.2) is 49.4 Å². The van der Waals surface area contributed by atoms with Gasteiger partial charge in [-0.1, -0.05) is 0 Å². The maximum Gasteiger partial charge on any atom is 0.410 e. The Labute approximate surface area is 139 Å². The molecule has 0 spiro atoms. The fourth-order valence-corrected chi connectivity index (χ4v) is 2.87. The van der Waals surface area contributed by atoms with Crippen molar-refractivity contribution in [1.82, 2.24) is 24.6 Å². The predicted octanol–water partition coefficient (Wildman–Crippen LogP) is 1.77. The molecule has 1 aliphatic heterocycles. The minimum Gasteiger partial charge on any atom is -0.444 e. The van der Waals surface area contributed by atoms with Crippen LogP contribution < -0.4 is 5.56 Å². The molecule has 3 heterocycles. The number of aromatic amines is 1. The second kappa shape index (κ2) is 5.92. The van der Waals surface area contributed by atoms with Gasteiger partial charge in [0.15, 0.2) is 5.52 Å². The molecule has 130 valence electrons. The Morgan fingerprint density at radius 1 is 1.33 bits per heavy atom. The van der Waals surface area contributed by atoms with Crippen LogP contribution in [0.2, 0.25) is 0 Å².